The number of aromatic nitrogens is 2. The summed E-state index contributed by atoms with van der Waals surface area (Å²) in [6.45, 7) is 6.33. The highest BCUT2D eigenvalue weighted by molar-refractivity contribution is 7.99. The smallest absolute Gasteiger partial charge is 0.299 e. The average Bonchev–Trinajstić information content (AvgIpc) is 2.49. The minimum absolute atomic E-state index is 0.355. The molecular formula is C13H23N2OS+. The number of Topliss-reactive ketones (excluding diaryl/α,β-unsaturated/α-hetero) is 1. The number of hydrogen-bond acceptors (Lipinski definition) is 2. The highest BCUT2D eigenvalue weighted by Crippen LogP contribution is 2.18. The van der Waals surface area contributed by atoms with Crippen LogP contribution in [0.5, 0.6) is 0 Å². The normalized spacial score (nSPS) is 10.9. The van der Waals surface area contributed by atoms with Crippen molar-refractivity contribution in [3.05, 3.63) is 11.4 Å². The Labute approximate surface area is 108 Å². The van der Waals surface area contributed by atoms with E-state index in [0.29, 0.717) is 11.5 Å². The lowest BCUT2D eigenvalue weighted by molar-refractivity contribution is -0.715. The van der Waals surface area contributed by atoms with Gasteiger partial charge in [-0.3, -0.25) is 4.79 Å². The first kappa shape index (κ1) is 14.3. The first-order chi connectivity index (χ1) is 7.99. The van der Waals surface area contributed by atoms with Crippen LogP contribution in [-0.4, -0.2) is 16.1 Å². The van der Waals surface area contributed by atoms with Crippen LogP contribution in [0.2, 0.25) is 0 Å². The molecule has 0 amide bonds. The Balaban J connectivity index is 2.64. The third-order valence-electron chi connectivity index (χ3n) is 3.28. The maximum Gasteiger partial charge on any atom is 0.318 e. The van der Waals surface area contributed by atoms with E-state index in [1.54, 1.807) is 11.8 Å². The van der Waals surface area contributed by atoms with Gasteiger partial charge in [0, 0.05) is 20.3 Å². The van der Waals surface area contributed by atoms with Crippen LogP contribution in [0.1, 0.15) is 37.6 Å². The van der Waals surface area contributed by atoms with Gasteiger partial charge in [-0.05, 0) is 18.2 Å². The van der Waals surface area contributed by atoms with Crippen molar-refractivity contribution in [1.29, 1.82) is 0 Å². The molecule has 0 fully saturated rings. The van der Waals surface area contributed by atoms with E-state index in [1.807, 2.05) is 0 Å². The summed E-state index contributed by atoms with van der Waals surface area (Å²) in [5.74, 6) is 0.943. The van der Waals surface area contributed by atoms with Gasteiger partial charge in [0.15, 0.2) is 0 Å². The van der Waals surface area contributed by atoms with E-state index in [-0.39, 0.29) is 0 Å². The van der Waals surface area contributed by atoms with Crippen LogP contribution >= 0.6 is 11.8 Å². The Morgan fingerprint density at radius 2 is 2.06 bits per heavy atom. The molecule has 3 nitrogen and oxygen atoms in total. The molecule has 0 saturated carbocycles. The molecule has 1 aromatic heterocycles. The lowest BCUT2D eigenvalue weighted by Gasteiger charge is -1.99. The number of ketones is 1. The van der Waals surface area contributed by atoms with Gasteiger partial charge in [0.1, 0.15) is 17.2 Å². The van der Waals surface area contributed by atoms with Crippen LogP contribution in [0.15, 0.2) is 5.16 Å². The van der Waals surface area contributed by atoms with Gasteiger partial charge < -0.3 is 0 Å². The summed E-state index contributed by atoms with van der Waals surface area (Å²) in [4.78, 5) is 11.7. The van der Waals surface area contributed by atoms with Gasteiger partial charge in [-0.2, -0.15) is 0 Å². The maximum absolute atomic E-state index is 11.7. The summed E-state index contributed by atoms with van der Waals surface area (Å²) in [6, 6.07) is 0. The summed E-state index contributed by atoms with van der Waals surface area (Å²) in [6.07, 6.45) is 2.82. The van der Waals surface area contributed by atoms with Crippen molar-refractivity contribution in [2.45, 2.75) is 45.2 Å². The van der Waals surface area contributed by atoms with Gasteiger partial charge >= 0.3 is 5.16 Å². The van der Waals surface area contributed by atoms with Crippen LogP contribution in [0.3, 0.4) is 0 Å². The van der Waals surface area contributed by atoms with E-state index in [9.17, 15) is 4.79 Å². The van der Waals surface area contributed by atoms with Crippen molar-refractivity contribution in [3.8, 4) is 0 Å². The van der Waals surface area contributed by atoms with Gasteiger partial charge in [0.25, 0.3) is 0 Å². The van der Waals surface area contributed by atoms with Gasteiger partial charge in [-0.15, -0.1) is 0 Å². The summed E-state index contributed by atoms with van der Waals surface area (Å²) in [5.41, 5.74) is 2.52. The number of carbonyl (C=O) groups excluding carboxylic acids is 1. The highest BCUT2D eigenvalue weighted by atomic mass is 32.2. The molecule has 0 bridgehead atoms. The minimum atomic E-state index is 0.355. The van der Waals surface area contributed by atoms with Gasteiger partial charge in [0.05, 0.1) is 19.8 Å². The Morgan fingerprint density at radius 3 is 2.53 bits per heavy atom. The van der Waals surface area contributed by atoms with Gasteiger partial charge in [-0.25, -0.2) is 9.13 Å². The van der Waals surface area contributed by atoms with Crippen LogP contribution in [0.25, 0.3) is 0 Å². The van der Waals surface area contributed by atoms with E-state index in [0.717, 1.165) is 24.4 Å². The predicted molar refractivity (Wildman–Crippen MR) is 71.3 cm³/mol. The molecule has 0 atom stereocenters. The zero-order chi connectivity index (χ0) is 13.0. The predicted octanol–water partition coefficient (Wildman–Crippen LogP) is 2.32. The molecule has 0 aliphatic heterocycles. The van der Waals surface area contributed by atoms with E-state index < -0.39 is 0 Å². The molecule has 0 saturated heterocycles. The number of rotatable bonds is 6. The van der Waals surface area contributed by atoms with Crippen molar-refractivity contribution < 1.29 is 9.36 Å². The third-order valence-corrected chi connectivity index (χ3v) is 4.55. The molecule has 0 aromatic carbocycles. The Kier molecular flexibility index (Phi) is 5.25. The first-order valence-electron chi connectivity index (χ1n) is 6.15. The second-order valence-electron chi connectivity index (χ2n) is 4.50. The monoisotopic (exact) mass is 255 g/mol. The van der Waals surface area contributed by atoms with E-state index in [4.69, 9.17) is 0 Å². The molecule has 1 heterocycles. The molecule has 1 aromatic rings. The Morgan fingerprint density at radius 1 is 1.41 bits per heavy atom. The van der Waals surface area contributed by atoms with Crippen molar-refractivity contribution in [2.75, 3.05) is 5.75 Å². The number of imidazole rings is 1. The fourth-order valence-corrected chi connectivity index (χ4v) is 2.88. The molecule has 0 aliphatic rings. The number of unbranched alkanes of at least 4 members (excludes halogenated alkanes) is 1. The quantitative estimate of drug-likeness (QED) is 0.576. The molecule has 1 rings (SSSR count). The SMILES string of the molecule is CCCCC(=O)CSc1n(C)c(C)c(C)[n+]1C. The molecular weight excluding hydrogens is 232 g/mol. The van der Waals surface area contributed by atoms with E-state index in [1.165, 1.54) is 11.4 Å². The molecule has 0 unspecified atom stereocenters. The number of carbonyl (C=O) groups is 1. The second kappa shape index (κ2) is 6.24. The standard InChI is InChI=1S/C13H23N2OS/c1-6-7-8-12(16)9-17-13-14(4)10(2)11(3)15(13)5/h6-9H2,1-5H3/q+1. The Hall–Kier alpha value is -0.770. The first-order valence-corrected chi connectivity index (χ1v) is 7.14. The van der Waals surface area contributed by atoms with Crippen LogP contribution in [0, 0.1) is 13.8 Å². The van der Waals surface area contributed by atoms with Crippen molar-refractivity contribution in [3.63, 3.8) is 0 Å². The number of hydrogen-bond donors (Lipinski definition) is 0. The lowest BCUT2D eigenvalue weighted by atomic mass is 10.2. The van der Waals surface area contributed by atoms with Crippen molar-refractivity contribution in [2.24, 2.45) is 14.1 Å². The molecule has 0 radical (unpaired) electrons. The highest BCUT2D eigenvalue weighted by Gasteiger charge is 2.21. The van der Waals surface area contributed by atoms with E-state index in [2.05, 4.69) is 44.0 Å². The second-order valence-corrected chi connectivity index (χ2v) is 5.44. The van der Waals surface area contributed by atoms with Crippen LogP contribution in [0.4, 0.5) is 0 Å². The number of thioether (sulfide) groups is 1. The summed E-state index contributed by atoms with van der Waals surface area (Å²) in [5, 5.41) is 1.16. The maximum atomic E-state index is 11.7. The molecule has 0 spiro atoms. The topological polar surface area (TPSA) is 25.9 Å². The fraction of sp³-hybridized carbons (Fsp3) is 0.692. The third kappa shape index (κ3) is 3.35. The Bertz CT molecular complexity index is 385. The lowest BCUT2D eigenvalue weighted by Crippen LogP contribution is -2.32. The van der Waals surface area contributed by atoms with Crippen LogP contribution in [-0.2, 0) is 18.9 Å². The van der Waals surface area contributed by atoms with Crippen LogP contribution < -0.4 is 4.57 Å². The summed E-state index contributed by atoms with van der Waals surface area (Å²) < 4.78 is 4.32. The van der Waals surface area contributed by atoms with Crippen molar-refractivity contribution >= 4 is 17.5 Å². The molecule has 0 aliphatic carbocycles. The molecule has 0 N–H and O–H groups in total. The van der Waals surface area contributed by atoms with Gasteiger partial charge in [0.2, 0.25) is 0 Å². The summed E-state index contributed by atoms with van der Waals surface area (Å²) >= 11 is 1.64. The largest absolute Gasteiger partial charge is 0.318 e. The van der Waals surface area contributed by atoms with Gasteiger partial charge in [-0.1, -0.05) is 13.3 Å². The average molecular weight is 255 g/mol. The number of nitrogens with zero attached hydrogens (tertiary/aromatic N) is 2. The molecule has 96 valence electrons. The zero-order valence-corrected chi connectivity index (χ0v) is 12.4. The summed E-state index contributed by atoms with van der Waals surface area (Å²) in [7, 11) is 4.11. The fourth-order valence-electron chi connectivity index (χ4n) is 1.78. The minimum Gasteiger partial charge on any atom is -0.299 e. The van der Waals surface area contributed by atoms with E-state index >= 15 is 0 Å². The molecule has 17 heavy (non-hydrogen) atoms. The molecule has 4 heteroatoms. The zero-order valence-electron chi connectivity index (χ0n) is 11.5. The van der Waals surface area contributed by atoms with Crippen molar-refractivity contribution in [1.82, 2.24) is 4.57 Å².